The summed E-state index contributed by atoms with van der Waals surface area (Å²) in [5.41, 5.74) is 4.45. The molecule has 4 rings (SSSR count). The zero-order valence-electron chi connectivity index (χ0n) is 15.5. The van der Waals surface area contributed by atoms with Gasteiger partial charge in [0.15, 0.2) is 0 Å². The van der Waals surface area contributed by atoms with E-state index in [1.807, 2.05) is 49.0 Å². The number of nitrogens with zero attached hydrogens (tertiary/aromatic N) is 4. The third-order valence-electron chi connectivity index (χ3n) is 5.00. The first-order chi connectivity index (χ1) is 12.9. The number of pyridine rings is 1. The van der Waals surface area contributed by atoms with Gasteiger partial charge >= 0.3 is 0 Å². The molecule has 0 amide bonds. The fourth-order valence-electron chi connectivity index (χ4n) is 3.38. The minimum Gasteiger partial charge on any atom is -0.263 e. The van der Waals surface area contributed by atoms with Crippen molar-refractivity contribution in [2.75, 3.05) is 0 Å². The van der Waals surface area contributed by atoms with Crippen molar-refractivity contribution in [2.45, 2.75) is 32.7 Å². The van der Waals surface area contributed by atoms with Gasteiger partial charge in [0.2, 0.25) is 0 Å². The highest BCUT2D eigenvalue weighted by Crippen LogP contribution is 2.35. The number of hydrogen-bond acceptors (Lipinski definition) is 3. The maximum atomic E-state index is 9.38. The molecule has 0 aliphatic heterocycles. The van der Waals surface area contributed by atoms with E-state index in [9.17, 15) is 5.26 Å². The van der Waals surface area contributed by atoms with Gasteiger partial charge in [0.1, 0.15) is 5.69 Å². The lowest BCUT2D eigenvalue weighted by Crippen LogP contribution is -2.13. The number of nitriles is 1. The van der Waals surface area contributed by atoms with Gasteiger partial charge in [0.05, 0.1) is 28.7 Å². The summed E-state index contributed by atoms with van der Waals surface area (Å²) in [7, 11) is 0. The minimum atomic E-state index is -0.509. The average Bonchev–Trinajstić information content (AvgIpc) is 3.07. The molecular weight excluding hydrogens is 400 g/mol. The quantitative estimate of drug-likeness (QED) is 0.420. The van der Waals surface area contributed by atoms with Crippen LogP contribution in [0.3, 0.4) is 0 Å². The first-order valence-electron chi connectivity index (χ1n) is 8.91. The van der Waals surface area contributed by atoms with Crippen LogP contribution in [0.25, 0.3) is 33.1 Å². The number of hydrogen-bond donors (Lipinski definition) is 0. The molecule has 0 unspecified atom stereocenters. The number of rotatable bonds is 3. The Labute approximate surface area is 166 Å². The average molecular weight is 419 g/mol. The van der Waals surface area contributed by atoms with Crippen molar-refractivity contribution < 1.29 is 0 Å². The third-order valence-corrected chi connectivity index (χ3v) is 5.50. The molecule has 5 heteroatoms. The molecule has 27 heavy (non-hydrogen) atoms. The summed E-state index contributed by atoms with van der Waals surface area (Å²) < 4.78 is 3.01. The topological polar surface area (TPSA) is 54.5 Å². The zero-order chi connectivity index (χ0) is 19.2. The van der Waals surface area contributed by atoms with E-state index in [2.05, 4.69) is 52.1 Å². The normalized spacial score (nSPS) is 11.8. The van der Waals surface area contributed by atoms with Gasteiger partial charge < -0.3 is 0 Å². The van der Waals surface area contributed by atoms with E-state index in [-0.39, 0.29) is 0 Å². The monoisotopic (exact) mass is 418 g/mol. The first-order valence-corrected chi connectivity index (χ1v) is 9.71. The largest absolute Gasteiger partial charge is 0.263 e. The maximum absolute atomic E-state index is 9.38. The van der Waals surface area contributed by atoms with Crippen molar-refractivity contribution in [1.29, 1.82) is 5.26 Å². The molecule has 0 spiro atoms. The van der Waals surface area contributed by atoms with Crippen LogP contribution in [0, 0.1) is 11.3 Å². The molecule has 2 heterocycles. The van der Waals surface area contributed by atoms with Crippen LogP contribution >= 0.6 is 15.9 Å². The van der Waals surface area contributed by atoms with E-state index in [0.717, 1.165) is 49.6 Å². The van der Waals surface area contributed by atoms with Gasteiger partial charge in [0.25, 0.3) is 0 Å². The number of aromatic nitrogens is 3. The fourth-order valence-corrected chi connectivity index (χ4v) is 3.74. The van der Waals surface area contributed by atoms with E-state index in [1.165, 1.54) is 0 Å². The summed E-state index contributed by atoms with van der Waals surface area (Å²) in [6, 6.07) is 16.6. The highest BCUT2D eigenvalue weighted by Gasteiger charge is 2.21. The van der Waals surface area contributed by atoms with Crippen molar-refractivity contribution >= 4 is 37.7 Å². The van der Waals surface area contributed by atoms with E-state index in [1.54, 1.807) is 0 Å². The van der Waals surface area contributed by atoms with Crippen LogP contribution < -0.4 is 0 Å². The van der Waals surface area contributed by atoms with Crippen LogP contribution in [0.5, 0.6) is 0 Å². The van der Waals surface area contributed by atoms with Gasteiger partial charge in [0, 0.05) is 27.4 Å². The Bertz CT molecular complexity index is 1200. The Hall–Kier alpha value is -2.71. The molecule has 134 valence electrons. The second kappa shape index (κ2) is 6.47. The van der Waals surface area contributed by atoms with Crippen LogP contribution in [-0.4, -0.2) is 14.8 Å². The first kappa shape index (κ1) is 17.7. The fraction of sp³-hybridized carbons (Fsp3) is 0.227. The molecule has 0 radical (unpaired) electrons. The van der Waals surface area contributed by atoms with Crippen molar-refractivity contribution in [2.24, 2.45) is 0 Å². The second-order valence-corrected chi connectivity index (χ2v) is 8.07. The molecule has 4 nitrogen and oxygen atoms in total. The van der Waals surface area contributed by atoms with Gasteiger partial charge in [-0.2, -0.15) is 10.4 Å². The summed E-state index contributed by atoms with van der Waals surface area (Å²) in [5.74, 6) is 0. The number of aryl methyl sites for hydroxylation is 1. The van der Waals surface area contributed by atoms with Gasteiger partial charge in [-0.15, -0.1) is 0 Å². The van der Waals surface area contributed by atoms with Gasteiger partial charge in [-0.1, -0.05) is 40.2 Å². The van der Waals surface area contributed by atoms with Crippen LogP contribution in [0.2, 0.25) is 0 Å². The molecule has 0 fully saturated rings. The summed E-state index contributed by atoms with van der Waals surface area (Å²) in [4.78, 5) is 4.61. The Morgan fingerprint density at radius 2 is 1.89 bits per heavy atom. The van der Waals surface area contributed by atoms with E-state index in [4.69, 9.17) is 5.10 Å². The van der Waals surface area contributed by atoms with Crippen LogP contribution in [-0.2, 0) is 12.0 Å². The summed E-state index contributed by atoms with van der Waals surface area (Å²) in [5, 5.41) is 16.4. The van der Waals surface area contributed by atoms with Crippen molar-refractivity contribution in [3.8, 4) is 17.3 Å². The van der Waals surface area contributed by atoms with Crippen molar-refractivity contribution in [1.82, 2.24) is 14.8 Å². The SMILES string of the molecule is CCn1nc(-c2ccc(C(C)(C)C#N)cc2)c2c3cc(Br)ccc3ncc21. The highest BCUT2D eigenvalue weighted by atomic mass is 79.9. The molecule has 0 N–H and O–H groups in total. The molecule has 0 bridgehead atoms. The lowest BCUT2D eigenvalue weighted by molar-refractivity contribution is 0.684. The lowest BCUT2D eigenvalue weighted by Gasteiger charge is -2.15. The summed E-state index contributed by atoms with van der Waals surface area (Å²) in [6.07, 6.45) is 1.90. The molecular formula is C22H19BrN4. The third kappa shape index (κ3) is 2.90. The lowest BCUT2D eigenvalue weighted by atomic mass is 9.86. The van der Waals surface area contributed by atoms with E-state index in [0.29, 0.717) is 0 Å². The number of benzene rings is 2. The number of halogens is 1. The van der Waals surface area contributed by atoms with E-state index >= 15 is 0 Å². The molecule has 0 aliphatic carbocycles. The Kier molecular flexibility index (Phi) is 4.24. The molecule has 2 aromatic carbocycles. The van der Waals surface area contributed by atoms with Crippen LogP contribution in [0.1, 0.15) is 26.3 Å². The van der Waals surface area contributed by atoms with Gasteiger partial charge in [-0.3, -0.25) is 9.67 Å². The van der Waals surface area contributed by atoms with Crippen LogP contribution in [0.15, 0.2) is 53.1 Å². The standard InChI is InChI=1S/C22H19BrN4/c1-4-27-19-12-25-18-10-9-16(23)11-17(18)20(19)21(26-27)14-5-7-15(8-6-14)22(2,3)13-24/h5-12H,4H2,1-3H3. The Morgan fingerprint density at radius 1 is 1.15 bits per heavy atom. The molecule has 0 saturated heterocycles. The second-order valence-electron chi connectivity index (χ2n) is 7.16. The van der Waals surface area contributed by atoms with Crippen LogP contribution in [0.4, 0.5) is 0 Å². The summed E-state index contributed by atoms with van der Waals surface area (Å²) in [6.45, 7) is 6.72. The predicted molar refractivity (Wildman–Crippen MR) is 112 cm³/mol. The van der Waals surface area contributed by atoms with Crippen molar-refractivity contribution in [3.05, 3.63) is 58.7 Å². The van der Waals surface area contributed by atoms with Gasteiger partial charge in [-0.05, 0) is 44.5 Å². The Morgan fingerprint density at radius 3 is 2.56 bits per heavy atom. The highest BCUT2D eigenvalue weighted by molar-refractivity contribution is 9.10. The van der Waals surface area contributed by atoms with E-state index < -0.39 is 5.41 Å². The van der Waals surface area contributed by atoms with Gasteiger partial charge in [-0.25, -0.2) is 0 Å². The molecule has 4 aromatic rings. The van der Waals surface area contributed by atoms with Crippen molar-refractivity contribution in [3.63, 3.8) is 0 Å². The molecule has 0 aliphatic rings. The maximum Gasteiger partial charge on any atom is 0.101 e. The summed E-state index contributed by atoms with van der Waals surface area (Å²) >= 11 is 3.58. The number of fused-ring (bicyclic) bond motifs is 3. The smallest absolute Gasteiger partial charge is 0.101 e. The minimum absolute atomic E-state index is 0.509. The Balaban J connectivity index is 1.99. The zero-order valence-corrected chi connectivity index (χ0v) is 17.1. The molecule has 0 saturated carbocycles. The predicted octanol–water partition coefficient (Wildman–Crippen LogP) is 5.84. The molecule has 0 atom stereocenters. The molecule has 2 aromatic heterocycles.